The Kier molecular flexibility index (Phi) is 12.7. The molecule has 0 aliphatic carbocycles. The molecule has 0 saturated carbocycles. The molecule has 0 amide bonds. The Hall–Kier alpha value is -6.91. The number of fused-ring (bicyclic) bond motifs is 1. The second-order valence-electron chi connectivity index (χ2n) is 11.2. The van der Waals surface area contributed by atoms with E-state index in [-0.39, 0.29) is 41.9 Å². The Morgan fingerprint density at radius 2 is 1.56 bits per heavy atom. The minimum absolute atomic E-state index is 0.0183. The molecular weight excluding hydrogens is 718 g/mol. The fourth-order valence-corrected chi connectivity index (χ4v) is 5.05. The quantitative estimate of drug-likeness (QED) is 0.0880. The molecule has 6 aromatic rings. The van der Waals surface area contributed by atoms with Crippen molar-refractivity contribution in [3.05, 3.63) is 138 Å². The van der Waals surface area contributed by atoms with Crippen molar-refractivity contribution in [3.63, 3.8) is 0 Å². The highest BCUT2D eigenvalue weighted by Gasteiger charge is 2.13. The summed E-state index contributed by atoms with van der Waals surface area (Å²) in [5.74, 6) is 1.90. The van der Waals surface area contributed by atoms with Crippen molar-refractivity contribution in [3.8, 4) is 34.4 Å². The van der Waals surface area contributed by atoms with Crippen LogP contribution in [-0.4, -0.2) is 77.5 Å². The number of nitrogens with one attached hydrogen (secondary N) is 1. The summed E-state index contributed by atoms with van der Waals surface area (Å²) in [6.45, 7) is 1.08. The van der Waals surface area contributed by atoms with Gasteiger partial charge in [0.15, 0.2) is 17.8 Å². The number of nitrogens with zero attached hydrogens (tertiary/aromatic N) is 8. The number of carbonyl (C=O) groups excluding carboxylic acids is 2. The maximum atomic E-state index is 11.7. The number of hydrogen-bond acceptors (Lipinski definition) is 14. The van der Waals surface area contributed by atoms with E-state index in [9.17, 15) is 9.59 Å². The number of carbonyl (C=O) groups is 2. The van der Waals surface area contributed by atoms with Crippen LogP contribution in [0.2, 0.25) is 5.02 Å². The van der Waals surface area contributed by atoms with E-state index in [2.05, 4.69) is 35.9 Å². The van der Waals surface area contributed by atoms with E-state index in [4.69, 9.17) is 35.7 Å². The number of anilines is 1. The number of pyridine rings is 2. The molecule has 0 unspecified atom stereocenters. The number of allylic oxidation sites excluding steroid dienone is 2. The standard InChI is InChI=1S/C29H24ClN5O6.C8H8N4O/c30-25-11-22(17-37)27(40-19-21-10-24(15-31-14-21)35-7-6-33-34-35)13-28(25)41-18-20(16-36)2-1-5-32-23-3-4-26-29(12-23)39-9-8-38-26;13-6-7-3-8(5-9-4-7)12-2-1-10-11-12/h1-7,10-17,32H,8-9,18-19H2;1-5,13H,6H2/b5-1-,20-2+;. The van der Waals surface area contributed by atoms with E-state index < -0.39 is 0 Å². The molecule has 2 aromatic carbocycles. The van der Waals surface area contributed by atoms with Crippen molar-refractivity contribution in [1.82, 2.24) is 40.0 Å². The molecule has 1 aliphatic heterocycles. The first kappa shape index (κ1) is 36.9. The first-order chi connectivity index (χ1) is 26.5. The van der Waals surface area contributed by atoms with E-state index in [1.54, 1.807) is 77.3 Å². The zero-order valence-corrected chi connectivity index (χ0v) is 29.2. The maximum absolute atomic E-state index is 11.7. The van der Waals surface area contributed by atoms with Gasteiger partial charge in [-0.1, -0.05) is 28.1 Å². The summed E-state index contributed by atoms with van der Waals surface area (Å²) in [5, 5.41) is 27.4. The number of aliphatic hydroxyl groups excluding tert-OH is 1. The summed E-state index contributed by atoms with van der Waals surface area (Å²) >= 11 is 6.33. The number of rotatable bonds is 14. The molecule has 1 aliphatic rings. The topological polar surface area (TPSA) is 191 Å². The molecule has 274 valence electrons. The molecule has 0 saturated heterocycles. The van der Waals surface area contributed by atoms with Crippen LogP contribution < -0.4 is 24.3 Å². The molecule has 4 aromatic heterocycles. The first-order valence-corrected chi connectivity index (χ1v) is 16.6. The highest BCUT2D eigenvalue weighted by Crippen LogP contribution is 2.34. The highest BCUT2D eigenvalue weighted by atomic mass is 35.5. The molecule has 0 atom stereocenters. The Balaban J connectivity index is 0.000000321. The van der Waals surface area contributed by atoms with Gasteiger partial charge in [-0.15, -0.1) is 10.2 Å². The SMILES string of the molecule is O=C/C(=C\C=C/Nc1ccc2c(c1)OCCO2)COc1cc(OCc2cncc(-n3ccnn3)c2)c(C=O)cc1Cl.OCc1cncc(-n2ccnn2)c1. The first-order valence-electron chi connectivity index (χ1n) is 16.3. The Bertz CT molecular complexity index is 2230. The van der Waals surface area contributed by atoms with Crippen molar-refractivity contribution in [1.29, 1.82) is 0 Å². The molecule has 0 fully saturated rings. The predicted octanol–water partition coefficient (Wildman–Crippen LogP) is 4.76. The second-order valence-corrected chi connectivity index (χ2v) is 11.6. The fraction of sp³-hybridized carbons (Fsp3) is 0.135. The van der Waals surface area contributed by atoms with Crippen molar-refractivity contribution in [2.75, 3.05) is 25.1 Å². The van der Waals surface area contributed by atoms with Gasteiger partial charge >= 0.3 is 0 Å². The molecule has 0 bridgehead atoms. The molecule has 0 radical (unpaired) electrons. The molecule has 5 heterocycles. The smallest absolute Gasteiger partial charge is 0.163 e. The minimum Gasteiger partial charge on any atom is -0.488 e. The molecule has 54 heavy (non-hydrogen) atoms. The lowest BCUT2D eigenvalue weighted by molar-refractivity contribution is -0.105. The summed E-state index contributed by atoms with van der Waals surface area (Å²) in [5.41, 5.74) is 4.43. The zero-order chi connectivity index (χ0) is 37.5. The lowest BCUT2D eigenvalue weighted by Crippen LogP contribution is -2.15. The van der Waals surface area contributed by atoms with Gasteiger partial charge in [-0.2, -0.15) is 0 Å². The van der Waals surface area contributed by atoms with E-state index in [0.29, 0.717) is 48.5 Å². The number of benzene rings is 2. The predicted molar refractivity (Wildman–Crippen MR) is 195 cm³/mol. The van der Waals surface area contributed by atoms with Crippen LogP contribution in [0.3, 0.4) is 0 Å². The van der Waals surface area contributed by atoms with E-state index in [1.165, 1.54) is 12.1 Å². The van der Waals surface area contributed by atoms with Gasteiger partial charge < -0.3 is 29.4 Å². The van der Waals surface area contributed by atoms with E-state index >= 15 is 0 Å². The Morgan fingerprint density at radius 3 is 2.22 bits per heavy atom. The van der Waals surface area contributed by atoms with E-state index in [0.717, 1.165) is 22.5 Å². The Labute approximate surface area is 313 Å². The van der Waals surface area contributed by atoms with Crippen LogP contribution in [0.1, 0.15) is 21.5 Å². The molecule has 2 N–H and O–H groups in total. The van der Waals surface area contributed by atoms with Gasteiger partial charge in [0.1, 0.15) is 44.2 Å². The number of halogens is 1. The van der Waals surface area contributed by atoms with Crippen molar-refractivity contribution in [2.45, 2.75) is 13.2 Å². The third kappa shape index (κ3) is 9.90. The summed E-state index contributed by atoms with van der Waals surface area (Å²) < 4.78 is 25.9. The fourth-order valence-electron chi connectivity index (χ4n) is 4.83. The third-order valence-corrected chi connectivity index (χ3v) is 7.74. The Morgan fingerprint density at radius 1 is 0.852 bits per heavy atom. The van der Waals surface area contributed by atoms with Gasteiger partial charge in [-0.25, -0.2) is 9.36 Å². The van der Waals surface area contributed by atoms with Crippen molar-refractivity contribution >= 4 is 29.9 Å². The highest BCUT2D eigenvalue weighted by molar-refractivity contribution is 6.32. The molecule has 7 rings (SSSR count). The lowest BCUT2D eigenvalue weighted by atomic mass is 10.2. The second kappa shape index (κ2) is 18.5. The normalized spacial score (nSPS) is 12.1. The number of ether oxygens (including phenoxy) is 4. The van der Waals surface area contributed by atoms with E-state index in [1.807, 2.05) is 30.3 Å². The third-order valence-electron chi connectivity index (χ3n) is 7.45. The largest absolute Gasteiger partial charge is 0.488 e. The number of aliphatic hydroxyl groups is 1. The average molecular weight is 750 g/mol. The number of aldehydes is 2. The summed E-state index contributed by atoms with van der Waals surface area (Å²) in [7, 11) is 0. The van der Waals surface area contributed by atoms with Crippen LogP contribution in [0.15, 0.2) is 116 Å². The maximum Gasteiger partial charge on any atom is 0.163 e. The van der Waals surface area contributed by atoms with Gasteiger partial charge in [0.2, 0.25) is 0 Å². The lowest BCUT2D eigenvalue weighted by Gasteiger charge is -2.18. The number of hydrogen-bond donors (Lipinski definition) is 2. The average Bonchev–Trinajstić information content (AvgIpc) is 3.97. The summed E-state index contributed by atoms with van der Waals surface area (Å²) in [6.07, 6.45) is 19.4. The molecule has 16 nitrogen and oxygen atoms in total. The van der Waals surface area contributed by atoms with Crippen LogP contribution in [0.25, 0.3) is 11.4 Å². The van der Waals surface area contributed by atoms with Crippen LogP contribution in [0.4, 0.5) is 5.69 Å². The summed E-state index contributed by atoms with van der Waals surface area (Å²) in [4.78, 5) is 31.4. The monoisotopic (exact) mass is 749 g/mol. The van der Waals surface area contributed by atoms with Crippen molar-refractivity contribution < 1.29 is 33.6 Å². The van der Waals surface area contributed by atoms with Gasteiger partial charge in [-0.05, 0) is 42.0 Å². The zero-order valence-electron chi connectivity index (χ0n) is 28.4. The molecular formula is C37H32ClN9O7. The van der Waals surface area contributed by atoms with Crippen LogP contribution >= 0.6 is 11.6 Å². The van der Waals surface area contributed by atoms with Crippen LogP contribution in [-0.2, 0) is 18.0 Å². The van der Waals surface area contributed by atoms with Crippen LogP contribution in [0.5, 0.6) is 23.0 Å². The van der Waals surface area contributed by atoms with Gasteiger partial charge in [-0.3, -0.25) is 19.6 Å². The van der Waals surface area contributed by atoms with Gasteiger partial charge in [0.25, 0.3) is 0 Å². The molecule has 17 heteroatoms. The van der Waals surface area contributed by atoms with Crippen LogP contribution in [0, 0.1) is 0 Å². The summed E-state index contributed by atoms with van der Waals surface area (Å²) in [6, 6.07) is 12.1. The minimum atomic E-state index is -0.0542. The molecule has 0 spiro atoms. The number of aromatic nitrogens is 8. The van der Waals surface area contributed by atoms with Gasteiger partial charge in [0.05, 0.1) is 65.7 Å². The van der Waals surface area contributed by atoms with Crippen molar-refractivity contribution in [2.24, 2.45) is 0 Å². The van der Waals surface area contributed by atoms with Gasteiger partial charge in [0, 0.05) is 47.6 Å².